The van der Waals surface area contributed by atoms with Gasteiger partial charge in [0, 0.05) is 12.1 Å². The van der Waals surface area contributed by atoms with Crippen molar-refractivity contribution >= 4 is 5.97 Å². The van der Waals surface area contributed by atoms with E-state index in [0.29, 0.717) is 41.3 Å². The SMILES string of the molecule is CCOc1nc(CC)c(CN)n1Cc1ccc(-c2ccccc2C(=O)OC(C)(C)C)cc1F. The summed E-state index contributed by atoms with van der Waals surface area (Å²) in [6.45, 7) is 10.3. The third kappa shape index (κ3) is 5.60. The molecule has 176 valence electrons. The molecule has 6 nitrogen and oxygen atoms in total. The maximum absolute atomic E-state index is 15.2. The molecular formula is C26H32FN3O3. The van der Waals surface area contributed by atoms with Crippen LogP contribution in [0, 0.1) is 5.82 Å². The number of nitrogens with zero attached hydrogens (tertiary/aromatic N) is 2. The summed E-state index contributed by atoms with van der Waals surface area (Å²) in [4.78, 5) is 17.2. The van der Waals surface area contributed by atoms with E-state index >= 15 is 4.39 Å². The number of carbonyl (C=O) groups excluding carboxylic acids is 1. The van der Waals surface area contributed by atoms with Gasteiger partial charge in [0.25, 0.3) is 6.01 Å². The summed E-state index contributed by atoms with van der Waals surface area (Å²) in [5.41, 5.74) is 9.11. The number of carbonyl (C=O) groups is 1. The van der Waals surface area contributed by atoms with E-state index < -0.39 is 11.6 Å². The molecule has 1 aromatic heterocycles. The number of ether oxygens (including phenoxy) is 2. The second kappa shape index (κ2) is 10.2. The monoisotopic (exact) mass is 453 g/mol. The molecule has 0 aliphatic rings. The van der Waals surface area contributed by atoms with Crippen LogP contribution in [0.25, 0.3) is 11.1 Å². The number of aryl methyl sites for hydroxylation is 1. The standard InChI is InChI=1S/C26H32FN3O3/c1-6-22-23(15-28)30(25(29-22)32-7-2)16-18-13-12-17(14-21(18)27)19-10-8-9-11-20(19)24(31)33-26(3,4)5/h8-14H,6-7,15-16,28H2,1-5H3. The second-order valence-electron chi connectivity index (χ2n) is 8.72. The molecule has 1 heterocycles. The summed E-state index contributed by atoms with van der Waals surface area (Å²) in [6.07, 6.45) is 0.711. The Morgan fingerprint density at radius 3 is 2.48 bits per heavy atom. The Bertz CT molecular complexity index is 1130. The molecule has 0 bridgehead atoms. The first-order valence-corrected chi connectivity index (χ1v) is 11.2. The highest BCUT2D eigenvalue weighted by molar-refractivity contribution is 5.97. The molecule has 0 saturated carbocycles. The number of benzene rings is 2. The van der Waals surface area contributed by atoms with Gasteiger partial charge in [0.15, 0.2) is 0 Å². The lowest BCUT2D eigenvalue weighted by atomic mass is 9.98. The first-order valence-electron chi connectivity index (χ1n) is 11.2. The topological polar surface area (TPSA) is 79.4 Å². The number of halogens is 1. The average molecular weight is 454 g/mol. The minimum atomic E-state index is -0.625. The smallest absolute Gasteiger partial charge is 0.339 e. The van der Waals surface area contributed by atoms with Gasteiger partial charge in [-0.15, -0.1) is 0 Å². The highest BCUT2D eigenvalue weighted by atomic mass is 19.1. The molecule has 0 aliphatic heterocycles. The largest absolute Gasteiger partial charge is 0.465 e. The Hall–Kier alpha value is -3.19. The van der Waals surface area contributed by atoms with Crippen molar-refractivity contribution in [2.45, 2.75) is 59.7 Å². The summed E-state index contributed by atoms with van der Waals surface area (Å²) in [6, 6.07) is 12.5. The van der Waals surface area contributed by atoms with Crippen LogP contribution in [0.4, 0.5) is 4.39 Å². The molecule has 3 rings (SSSR count). The Kier molecular flexibility index (Phi) is 7.53. The lowest BCUT2D eigenvalue weighted by Crippen LogP contribution is -2.24. The third-order valence-corrected chi connectivity index (χ3v) is 5.16. The van der Waals surface area contributed by atoms with Crippen molar-refractivity contribution in [1.29, 1.82) is 0 Å². The highest BCUT2D eigenvalue weighted by Crippen LogP contribution is 2.29. The van der Waals surface area contributed by atoms with Gasteiger partial charge in [-0.2, -0.15) is 4.98 Å². The van der Waals surface area contributed by atoms with Crippen LogP contribution in [-0.2, 0) is 24.2 Å². The van der Waals surface area contributed by atoms with E-state index in [1.807, 2.05) is 51.3 Å². The van der Waals surface area contributed by atoms with Crippen LogP contribution in [-0.4, -0.2) is 27.7 Å². The Morgan fingerprint density at radius 2 is 1.88 bits per heavy atom. The van der Waals surface area contributed by atoms with Crippen molar-refractivity contribution in [2.24, 2.45) is 5.73 Å². The van der Waals surface area contributed by atoms with E-state index in [1.165, 1.54) is 6.07 Å². The van der Waals surface area contributed by atoms with Gasteiger partial charge in [0.1, 0.15) is 11.4 Å². The van der Waals surface area contributed by atoms with Gasteiger partial charge in [-0.05, 0) is 57.4 Å². The molecule has 0 unspecified atom stereocenters. The van der Waals surface area contributed by atoms with Crippen LogP contribution in [0.15, 0.2) is 42.5 Å². The van der Waals surface area contributed by atoms with Crippen LogP contribution in [0.5, 0.6) is 6.01 Å². The number of imidazole rings is 1. The number of esters is 1. The van der Waals surface area contributed by atoms with Crippen LogP contribution >= 0.6 is 0 Å². The Labute approximate surface area is 194 Å². The minimum Gasteiger partial charge on any atom is -0.465 e. The molecule has 0 spiro atoms. The van der Waals surface area contributed by atoms with Crippen molar-refractivity contribution in [3.8, 4) is 17.1 Å². The van der Waals surface area contributed by atoms with Crippen molar-refractivity contribution in [3.05, 3.63) is 70.8 Å². The predicted molar refractivity (Wildman–Crippen MR) is 127 cm³/mol. The van der Waals surface area contributed by atoms with Crippen LogP contribution in [0.2, 0.25) is 0 Å². The molecule has 0 radical (unpaired) electrons. The van der Waals surface area contributed by atoms with Crippen LogP contribution in [0.3, 0.4) is 0 Å². The zero-order valence-corrected chi connectivity index (χ0v) is 19.9. The number of nitrogens with two attached hydrogens (primary N) is 1. The first kappa shape index (κ1) is 24.5. The van der Waals surface area contributed by atoms with E-state index in [0.717, 1.165) is 11.4 Å². The van der Waals surface area contributed by atoms with E-state index in [4.69, 9.17) is 15.2 Å². The summed E-state index contributed by atoms with van der Waals surface area (Å²) in [7, 11) is 0. The fourth-order valence-corrected chi connectivity index (χ4v) is 3.68. The van der Waals surface area contributed by atoms with Crippen molar-refractivity contribution in [1.82, 2.24) is 9.55 Å². The van der Waals surface area contributed by atoms with E-state index in [1.54, 1.807) is 24.3 Å². The Balaban J connectivity index is 1.96. The average Bonchev–Trinajstić information content (AvgIpc) is 3.10. The fourth-order valence-electron chi connectivity index (χ4n) is 3.68. The molecule has 3 aromatic rings. The van der Waals surface area contributed by atoms with Gasteiger partial charge in [0.2, 0.25) is 0 Å². The summed E-state index contributed by atoms with van der Waals surface area (Å²) in [5, 5.41) is 0. The molecule has 2 N–H and O–H groups in total. The van der Waals surface area contributed by atoms with Crippen molar-refractivity contribution < 1.29 is 18.7 Å². The molecule has 2 aromatic carbocycles. The summed E-state index contributed by atoms with van der Waals surface area (Å²) >= 11 is 0. The lowest BCUT2D eigenvalue weighted by Gasteiger charge is -2.20. The van der Waals surface area contributed by atoms with E-state index in [2.05, 4.69) is 4.98 Å². The molecule has 0 aliphatic carbocycles. The van der Waals surface area contributed by atoms with Gasteiger partial charge in [-0.25, -0.2) is 9.18 Å². The fraction of sp³-hybridized carbons (Fsp3) is 0.385. The second-order valence-corrected chi connectivity index (χ2v) is 8.72. The number of rotatable bonds is 8. The van der Waals surface area contributed by atoms with Gasteiger partial charge in [-0.3, -0.25) is 4.57 Å². The number of aromatic nitrogens is 2. The normalized spacial score (nSPS) is 11.5. The number of hydrogen-bond donors (Lipinski definition) is 1. The highest BCUT2D eigenvalue weighted by Gasteiger charge is 2.22. The van der Waals surface area contributed by atoms with Crippen molar-refractivity contribution in [3.63, 3.8) is 0 Å². The maximum Gasteiger partial charge on any atom is 0.339 e. The van der Waals surface area contributed by atoms with E-state index in [-0.39, 0.29) is 18.9 Å². The predicted octanol–water partition coefficient (Wildman–Crippen LogP) is 5.11. The van der Waals surface area contributed by atoms with Gasteiger partial charge in [0.05, 0.1) is 30.1 Å². The Morgan fingerprint density at radius 1 is 1.15 bits per heavy atom. The van der Waals surface area contributed by atoms with Gasteiger partial charge in [-0.1, -0.05) is 37.3 Å². The van der Waals surface area contributed by atoms with Gasteiger partial charge >= 0.3 is 5.97 Å². The summed E-state index contributed by atoms with van der Waals surface area (Å²) < 4.78 is 28.3. The molecule has 0 fully saturated rings. The van der Waals surface area contributed by atoms with Crippen molar-refractivity contribution in [2.75, 3.05) is 6.61 Å². The molecule has 0 saturated heterocycles. The maximum atomic E-state index is 15.2. The first-order chi connectivity index (χ1) is 15.7. The molecule has 33 heavy (non-hydrogen) atoms. The molecular weight excluding hydrogens is 421 g/mol. The number of hydrogen-bond acceptors (Lipinski definition) is 5. The minimum absolute atomic E-state index is 0.245. The quantitative estimate of drug-likeness (QED) is 0.479. The lowest BCUT2D eigenvalue weighted by molar-refractivity contribution is 0.00704. The summed E-state index contributed by atoms with van der Waals surface area (Å²) in [5.74, 6) is -0.828. The molecule has 7 heteroatoms. The molecule has 0 atom stereocenters. The van der Waals surface area contributed by atoms with Crippen LogP contribution < -0.4 is 10.5 Å². The van der Waals surface area contributed by atoms with E-state index in [9.17, 15) is 4.79 Å². The third-order valence-electron chi connectivity index (χ3n) is 5.16. The molecule has 0 amide bonds. The van der Waals surface area contributed by atoms with Gasteiger partial charge < -0.3 is 15.2 Å². The zero-order valence-electron chi connectivity index (χ0n) is 19.9. The zero-order chi connectivity index (χ0) is 24.2. The van der Waals surface area contributed by atoms with Crippen LogP contribution in [0.1, 0.15) is 61.9 Å².